The Labute approximate surface area is 100 Å². The summed E-state index contributed by atoms with van der Waals surface area (Å²) >= 11 is 1.49. The van der Waals surface area contributed by atoms with Crippen molar-refractivity contribution >= 4 is 43.8 Å². The number of hydrogen-bond acceptors (Lipinski definition) is 2. The predicted molar refractivity (Wildman–Crippen MR) is 63.9 cm³/mol. The zero-order chi connectivity index (χ0) is 11.3. The van der Waals surface area contributed by atoms with Crippen LogP contribution < -0.4 is 9.67 Å². The fraction of sp³-hybridized carbons (Fsp3) is 0. The molecule has 2 aromatic carbocycles. The van der Waals surface area contributed by atoms with E-state index in [0.29, 0.717) is 11.1 Å². The standard InChI is InChI=1S/C12H8AsNO2/c13-9-5-4-8-10-6(9)2-1-3-7(10)11(15)14-12(8)16/h1-5H,13H2,(H,14,15,16). The number of rotatable bonds is 0. The summed E-state index contributed by atoms with van der Waals surface area (Å²) in [7, 11) is 0. The van der Waals surface area contributed by atoms with Crippen LogP contribution in [0.2, 0.25) is 0 Å². The van der Waals surface area contributed by atoms with Gasteiger partial charge in [0.05, 0.1) is 0 Å². The van der Waals surface area contributed by atoms with Crippen LogP contribution in [-0.2, 0) is 0 Å². The molecule has 16 heavy (non-hydrogen) atoms. The van der Waals surface area contributed by atoms with E-state index in [1.54, 1.807) is 12.1 Å². The molecule has 0 saturated carbocycles. The Kier molecular flexibility index (Phi) is 1.92. The molecule has 0 fully saturated rings. The van der Waals surface area contributed by atoms with Crippen molar-refractivity contribution in [2.45, 2.75) is 0 Å². The van der Waals surface area contributed by atoms with Crippen LogP contribution in [0, 0.1) is 0 Å². The average molecular weight is 273 g/mol. The van der Waals surface area contributed by atoms with E-state index in [0.717, 1.165) is 15.1 Å². The minimum atomic E-state index is -0.304. The van der Waals surface area contributed by atoms with Crippen LogP contribution in [-0.4, -0.2) is 28.7 Å². The van der Waals surface area contributed by atoms with Gasteiger partial charge in [-0.05, 0) is 0 Å². The molecule has 1 aliphatic rings. The molecule has 0 aromatic heterocycles. The second kappa shape index (κ2) is 3.19. The summed E-state index contributed by atoms with van der Waals surface area (Å²) in [5, 5.41) is 4.13. The summed E-state index contributed by atoms with van der Waals surface area (Å²) in [6.45, 7) is 0. The topological polar surface area (TPSA) is 46.2 Å². The molecule has 2 amide bonds. The van der Waals surface area contributed by atoms with Crippen LogP contribution in [0.5, 0.6) is 0 Å². The van der Waals surface area contributed by atoms with Gasteiger partial charge in [-0.2, -0.15) is 0 Å². The number of amides is 2. The first kappa shape index (κ1) is 9.61. The summed E-state index contributed by atoms with van der Waals surface area (Å²) in [4.78, 5) is 23.3. The average Bonchev–Trinajstić information content (AvgIpc) is 2.27. The molecule has 1 N–H and O–H groups in total. The van der Waals surface area contributed by atoms with Gasteiger partial charge >= 0.3 is 100 Å². The van der Waals surface area contributed by atoms with Crippen molar-refractivity contribution in [2.24, 2.45) is 0 Å². The molecule has 3 nitrogen and oxygen atoms in total. The van der Waals surface area contributed by atoms with E-state index in [1.165, 1.54) is 16.9 Å². The fourth-order valence-corrected chi connectivity index (χ4v) is 2.75. The molecule has 78 valence electrons. The summed E-state index contributed by atoms with van der Waals surface area (Å²) in [5.74, 6) is -0.609. The molecular formula is C12H8AsNO2. The van der Waals surface area contributed by atoms with Crippen LogP contribution in [0.3, 0.4) is 0 Å². The van der Waals surface area contributed by atoms with E-state index in [2.05, 4.69) is 5.32 Å². The number of carbonyl (C=O) groups is 2. The van der Waals surface area contributed by atoms with E-state index < -0.39 is 0 Å². The molecule has 2 aromatic rings. The van der Waals surface area contributed by atoms with Gasteiger partial charge in [-0.25, -0.2) is 0 Å². The first-order valence-electron chi connectivity index (χ1n) is 4.85. The monoisotopic (exact) mass is 273 g/mol. The molecular weight excluding hydrogens is 265 g/mol. The molecule has 1 atom stereocenters. The number of hydrogen-bond donors (Lipinski definition) is 1. The summed E-state index contributed by atoms with van der Waals surface area (Å²) in [6, 6.07) is 9.26. The first-order chi connectivity index (χ1) is 7.68. The van der Waals surface area contributed by atoms with Gasteiger partial charge in [0.2, 0.25) is 0 Å². The quantitative estimate of drug-likeness (QED) is 0.542. The first-order valence-corrected chi connectivity index (χ1v) is 6.06. The van der Waals surface area contributed by atoms with Crippen molar-refractivity contribution in [1.82, 2.24) is 5.32 Å². The summed E-state index contributed by atoms with van der Waals surface area (Å²) in [5.41, 5.74) is 1.18. The van der Waals surface area contributed by atoms with Gasteiger partial charge in [0, 0.05) is 0 Å². The zero-order valence-corrected chi connectivity index (χ0v) is 10.7. The van der Waals surface area contributed by atoms with E-state index in [4.69, 9.17) is 0 Å². The SMILES string of the molecule is O=C1NC(=O)c2ccc([AsH2])c3cccc1c23. The maximum absolute atomic E-state index is 11.7. The van der Waals surface area contributed by atoms with Crippen molar-refractivity contribution in [3.05, 3.63) is 41.5 Å². The Morgan fingerprint density at radius 3 is 2.38 bits per heavy atom. The third-order valence-corrected chi connectivity index (χ3v) is 3.85. The van der Waals surface area contributed by atoms with Crippen molar-refractivity contribution < 1.29 is 9.59 Å². The number of nitrogens with one attached hydrogen (secondary N) is 1. The van der Waals surface area contributed by atoms with E-state index in [1.807, 2.05) is 18.2 Å². The van der Waals surface area contributed by atoms with Gasteiger partial charge in [0.25, 0.3) is 0 Å². The molecule has 4 heteroatoms. The van der Waals surface area contributed by atoms with Crippen LogP contribution in [0.4, 0.5) is 0 Å². The van der Waals surface area contributed by atoms with Crippen LogP contribution >= 0.6 is 0 Å². The van der Waals surface area contributed by atoms with Gasteiger partial charge in [-0.3, -0.25) is 0 Å². The van der Waals surface area contributed by atoms with Gasteiger partial charge in [-0.1, -0.05) is 0 Å². The van der Waals surface area contributed by atoms with Crippen molar-refractivity contribution in [3.8, 4) is 0 Å². The molecule has 1 heterocycles. The molecule has 0 aliphatic carbocycles. The normalized spacial score (nSPS) is 14.1. The minimum absolute atomic E-state index is 0.304. The van der Waals surface area contributed by atoms with Crippen LogP contribution in [0.1, 0.15) is 20.7 Å². The second-order valence-corrected chi connectivity index (χ2v) is 5.02. The van der Waals surface area contributed by atoms with Gasteiger partial charge in [0.1, 0.15) is 0 Å². The molecule has 3 rings (SSSR count). The maximum atomic E-state index is 11.7. The van der Waals surface area contributed by atoms with Crippen LogP contribution in [0.25, 0.3) is 10.8 Å². The Morgan fingerprint density at radius 2 is 1.62 bits per heavy atom. The molecule has 0 radical (unpaired) electrons. The molecule has 0 bridgehead atoms. The molecule has 0 spiro atoms. The summed E-state index contributed by atoms with van der Waals surface area (Å²) in [6.07, 6.45) is 0. The van der Waals surface area contributed by atoms with Crippen molar-refractivity contribution in [2.75, 3.05) is 0 Å². The van der Waals surface area contributed by atoms with Gasteiger partial charge in [-0.15, -0.1) is 0 Å². The number of benzene rings is 2. The van der Waals surface area contributed by atoms with E-state index >= 15 is 0 Å². The van der Waals surface area contributed by atoms with E-state index in [9.17, 15) is 9.59 Å². The number of imide groups is 1. The van der Waals surface area contributed by atoms with Crippen LogP contribution in [0.15, 0.2) is 30.3 Å². The third-order valence-electron chi connectivity index (χ3n) is 2.79. The van der Waals surface area contributed by atoms with Crippen molar-refractivity contribution in [1.29, 1.82) is 0 Å². The number of carbonyl (C=O) groups excluding carboxylic acids is 2. The Hall–Kier alpha value is -1.60. The fourth-order valence-electron chi connectivity index (χ4n) is 2.05. The Balaban J connectivity index is 2.57. The summed E-state index contributed by atoms with van der Waals surface area (Å²) < 4.78 is 1.13. The van der Waals surface area contributed by atoms with Gasteiger partial charge < -0.3 is 0 Å². The second-order valence-electron chi connectivity index (χ2n) is 3.71. The Morgan fingerprint density at radius 1 is 0.938 bits per heavy atom. The van der Waals surface area contributed by atoms with E-state index in [-0.39, 0.29) is 11.8 Å². The molecule has 0 saturated heterocycles. The Bertz CT molecular complexity index is 629. The zero-order valence-electron chi connectivity index (χ0n) is 8.28. The predicted octanol–water partition coefficient (Wildman–Crippen LogP) is -0.0182. The third kappa shape index (κ3) is 1.15. The van der Waals surface area contributed by atoms with Crippen molar-refractivity contribution in [3.63, 3.8) is 0 Å². The van der Waals surface area contributed by atoms with Gasteiger partial charge in [0.15, 0.2) is 0 Å². The molecule has 1 aliphatic heterocycles. The molecule has 1 unspecified atom stereocenters.